The Hall–Kier alpha value is -1.55. The Kier molecular flexibility index (Phi) is 4.10. The highest BCUT2D eigenvalue weighted by atomic mass is 16.5. The maximum absolute atomic E-state index is 11.4. The molecule has 4 nitrogen and oxygen atoms in total. The van der Waals surface area contributed by atoms with E-state index in [1.807, 2.05) is 6.07 Å². The van der Waals surface area contributed by atoms with Crippen LogP contribution < -0.4 is 10.5 Å². The third-order valence-corrected chi connectivity index (χ3v) is 3.61. The smallest absolute Gasteiger partial charge is 0.325 e. The van der Waals surface area contributed by atoms with Crippen LogP contribution in [0.5, 0.6) is 5.75 Å². The van der Waals surface area contributed by atoms with E-state index >= 15 is 0 Å². The minimum Gasteiger partial charge on any atom is -0.493 e. The van der Waals surface area contributed by atoms with Gasteiger partial charge in [0, 0.05) is 6.42 Å². The second kappa shape index (κ2) is 5.61. The molecular weight excluding hydrogens is 242 g/mol. The molecule has 0 spiro atoms. The first-order valence-electron chi connectivity index (χ1n) is 6.65. The molecule has 0 saturated heterocycles. The molecule has 1 aliphatic rings. The van der Waals surface area contributed by atoms with Crippen molar-refractivity contribution in [2.75, 3.05) is 13.7 Å². The van der Waals surface area contributed by atoms with Gasteiger partial charge in [0.1, 0.15) is 11.3 Å². The van der Waals surface area contributed by atoms with Gasteiger partial charge in [0.05, 0.1) is 13.7 Å². The third-order valence-electron chi connectivity index (χ3n) is 3.61. The molecule has 2 N–H and O–H groups in total. The summed E-state index contributed by atoms with van der Waals surface area (Å²) in [6, 6.07) is 6.20. The molecule has 104 valence electrons. The van der Waals surface area contributed by atoms with Crippen molar-refractivity contribution >= 4 is 5.97 Å². The first kappa shape index (κ1) is 13.9. The summed E-state index contributed by atoms with van der Waals surface area (Å²) in [5.41, 5.74) is 7.67. The van der Waals surface area contributed by atoms with Gasteiger partial charge in [-0.2, -0.15) is 0 Å². The molecule has 1 unspecified atom stereocenters. The van der Waals surface area contributed by atoms with Crippen LogP contribution in [0.3, 0.4) is 0 Å². The average molecular weight is 263 g/mol. The summed E-state index contributed by atoms with van der Waals surface area (Å²) in [5.74, 6) is 0.436. The van der Waals surface area contributed by atoms with Crippen LogP contribution in [0, 0.1) is 0 Å². The number of aryl methyl sites for hydroxylation is 2. The Labute approximate surface area is 113 Å². The Morgan fingerprint density at radius 1 is 1.37 bits per heavy atom. The van der Waals surface area contributed by atoms with Gasteiger partial charge in [-0.05, 0) is 49.4 Å². The number of methoxy groups -OCH3 is 1. The van der Waals surface area contributed by atoms with Crippen molar-refractivity contribution in [3.8, 4) is 5.75 Å². The van der Waals surface area contributed by atoms with E-state index in [2.05, 4.69) is 16.9 Å². The van der Waals surface area contributed by atoms with Crippen molar-refractivity contribution in [3.63, 3.8) is 0 Å². The number of ether oxygens (including phenoxy) is 2. The van der Waals surface area contributed by atoms with E-state index in [1.54, 1.807) is 6.92 Å². The summed E-state index contributed by atoms with van der Waals surface area (Å²) in [5, 5.41) is 0. The van der Waals surface area contributed by atoms with Crippen molar-refractivity contribution in [3.05, 3.63) is 29.3 Å². The monoisotopic (exact) mass is 263 g/mol. The highest BCUT2D eigenvalue weighted by Gasteiger charge is 2.29. The molecule has 0 aromatic heterocycles. The van der Waals surface area contributed by atoms with Crippen molar-refractivity contribution in [1.82, 2.24) is 0 Å². The lowest BCUT2D eigenvalue weighted by atomic mass is 10.0. The molecule has 4 heteroatoms. The number of fused-ring (bicyclic) bond motifs is 1. The number of carbonyl (C=O) groups excluding carboxylic acids is 1. The van der Waals surface area contributed by atoms with Gasteiger partial charge in [0.15, 0.2) is 0 Å². The largest absolute Gasteiger partial charge is 0.493 e. The second-order valence-electron chi connectivity index (χ2n) is 5.29. The SMILES string of the molecule is COC(=O)C(C)(N)CCOc1ccc2c(c1)CCC2. The molecule has 1 atom stereocenters. The number of nitrogens with two attached hydrogens (primary N) is 1. The summed E-state index contributed by atoms with van der Waals surface area (Å²) >= 11 is 0. The summed E-state index contributed by atoms with van der Waals surface area (Å²) in [7, 11) is 1.34. The predicted molar refractivity (Wildman–Crippen MR) is 73.2 cm³/mol. The van der Waals surface area contributed by atoms with Crippen LogP contribution >= 0.6 is 0 Å². The second-order valence-corrected chi connectivity index (χ2v) is 5.29. The van der Waals surface area contributed by atoms with E-state index in [-0.39, 0.29) is 0 Å². The van der Waals surface area contributed by atoms with Gasteiger partial charge in [-0.25, -0.2) is 0 Å². The molecule has 0 heterocycles. The van der Waals surface area contributed by atoms with Crippen molar-refractivity contribution in [1.29, 1.82) is 0 Å². The highest BCUT2D eigenvalue weighted by Crippen LogP contribution is 2.26. The minimum absolute atomic E-state index is 0.404. The molecule has 0 aliphatic heterocycles. The summed E-state index contributed by atoms with van der Waals surface area (Å²) < 4.78 is 10.3. The fourth-order valence-electron chi connectivity index (χ4n) is 2.35. The number of carbonyl (C=O) groups is 1. The zero-order valence-electron chi connectivity index (χ0n) is 11.6. The summed E-state index contributed by atoms with van der Waals surface area (Å²) in [4.78, 5) is 11.4. The Morgan fingerprint density at radius 2 is 2.11 bits per heavy atom. The van der Waals surface area contributed by atoms with Gasteiger partial charge in [-0.1, -0.05) is 6.07 Å². The van der Waals surface area contributed by atoms with Gasteiger partial charge in [0.25, 0.3) is 0 Å². The van der Waals surface area contributed by atoms with E-state index < -0.39 is 11.5 Å². The quantitative estimate of drug-likeness (QED) is 0.823. The van der Waals surface area contributed by atoms with Gasteiger partial charge in [0.2, 0.25) is 0 Å². The molecule has 0 fully saturated rings. The molecule has 2 rings (SSSR count). The topological polar surface area (TPSA) is 61.5 Å². The Morgan fingerprint density at radius 3 is 2.84 bits per heavy atom. The van der Waals surface area contributed by atoms with Gasteiger partial charge in [-0.3, -0.25) is 4.79 Å². The first-order valence-corrected chi connectivity index (χ1v) is 6.65. The Balaban J connectivity index is 1.88. The molecular formula is C15H21NO3. The predicted octanol–water partition coefficient (Wildman–Crippen LogP) is 1.83. The molecule has 1 aromatic rings. The fraction of sp³-hybridized carbons (Fsp3) is 0.533. The van der Waals surface area contributed by atoms with E-state index in [0.717, 1.165) is 12.2 Å². The lowest BCUT2D eigenvalue weighted by molar-refractivity contribution is -0.146. The van der Waals surface area contributed by atoms with Gasteiger partial charge < -0.3 is 15.2 Å². The van der Waals surface area contributed by atoms with Crippen LogP contribution in [0.4, 0.5) is 0 Å². The zero-order chi connectivity index (χ0) is 13.9. The average Bonchev–Trinajstić information content (AvgIpc) is 2.84. The van der Waals surface area contributed by atoms with Gasteiger partial charge >= 0.3 is 5.97 Å². The number of hydrogen-bond donors (Lipinski definition) is 1. The summed E-state index contributed by atoms with van der Waals surface area (Å²) in [6.45, 7) is 2.06. The van der Waals surface area contributed by atoms with Crippen molar-refractivity contribution in [2.45, 2.75) is 38.1 Å². The number of esters is 1. The first-order chi connectivity index (χ1) is 9.03. The van der Waals surface area contributed by atoms with Crippen LogP contribution in [-0.2, 0) is 22.4 Å². The molecule has 0 radical (unpaired) electrons. The van der Waals surface area contributed by atoms with Crippen molar-refractivity contribution in [2.24, 2.45) is 5.73 Å². The number of hydrogen-bond acceptors (Lipinski definition) is 4. The van der Waals surface area contributed by atoms with Crippen LogP contribution in [0.25, 0.3) is 0 Å². The lowest BCUT2D eigenvalue weighted by Crippen LogP contribution is -2.46. The van der Waals surface area contributed by atoms with Gasteiger partial charge in [-0.15, -0.1) is 0 Å². The molecule has 1 aliphatic carbocycles. The maximum Gasteiger partial charge on any atom is 0.325 e. The lowest BCUT2D eigenvalue weighted by Gasteiger charge is -2.21. The maximum atomic E-state index is 11.4. The van der Waals surface area contributed by atoms with Crippen LogP contribution in [-0.4, -0.2) is 25.2 Å². The summed E-state index contributed by atoms with van der Waals surface area (Å²) in [6.07, 6.45) is 3.95. The van der Waals surface area contributed by atoms with Crippen LogP contribution in [0.1, 0.15) is 30.9 Å². The fourth-order valence-corrected chi connectivity index (χ4v) is 2.35. The highest BCUT2D eigenvalue weighted by molar-refractivity contribution is 5.79. The molecule has 19 heavy (non-hydrogen) atoms. The normalized spacial score (nSPS) is 16.6. The number of benzene rings is 1. The van der Waals surface area contributed by atoms with Crippen LogP contribution in [0.15, 0.2) is 18.2 Å². The molecule has 0 amide bonds. The van der Waals surface area contributed by atoms with Crippen molar-refractivity contribution < 1.29 is 14.3 Å². The third kappa shape index (κ3) is 3.26. The number of rotatable bonds is 5. The standard InChI is InChI=1S/C15H21NO3/c1-15(16,14(17)18-2)8-9-19-13-7-6-11-4-3-5-12(11)10-13/h6-7,10H,3-5,8-9,16H2,1-2H3. The zero-order valence-corrected chi connectivity index (χ0v) is 11.6. The van der Waals surface area contributed by atoms with Crippen LogP contribution in [0.2, 0.25) is 0 Å². The van der Waals surface area contributed by atoms with E-state index in [9.17, 15) is 4.79 Å². The molecule has 0 bridgehead atoms. The molecule has 0 saturated carbocycles. The van der Waals surface area contributed by atoms with E-state index in [0.29, 0.717) is 13.0 Å². The Bertz CT molecular complexity index is 468. The molecule has 1 aromatic carbocycles. The van der Waals surface area contributed by atoms with E-state index in [4.69, 9.17) is 10.5 Å². The minimum atomic E-state index is -0.995. The van der Waals surface area contributed by atoms with E-state index in [1.165, 1.54) is 31.1 Å².